The third kappa shape index (κ3) is 6.91. The van der Waals surface area contributed by atoms with Gasteiger partial charge in [-0.3, -0.25) is 14.9 Å². The lowest BCUT2D eigenvalue weighted by Gasteiger charge is -2.25. The van der Waals surface area contributed by atoms with E-state index >= 15 is 0 Å². The van der Waals surface area contributed by atoms with Crippen molar-refractivity contribution in [3.05, 3.63) is 30.4 Å². The van der Waals surface area contributed by atoms with E-state index in [-0.39, 0.29) is 48.8 Å². The second kappa shape index (κ2) is 12.6. The van der Waals surface area contributed by atoms with Gasteiger partial charge in [-0.25, -0.2) is 4.79 Å². The van der Waals surface area contributed by atoms with Crippen LogP contribution in [0.25, 0.3) is 0 Å². The SMILES string of the molecule is BC(=O)NCCCOc1cc(NC(=O)OCC=C)c(C(=O)N2CCC[C@H]2CO)cc1OC. The van der Waals surface area contributed by atoms with Crippen LogP contribution in [0.1, 0.15) is 29.6 Å². The molecule has 10 nitrogen and oxygen atoms in total. The van der Waals surface area contributed by atoms with E-state index < -0.39 is 6.09 Å². The third-order valence-corrected chi connectivity index (χ3v) is 4.90. The molecule has 0 unspecified atom stereocenters. The van der Waals surface area contributed by atoms with E-state index in [2.05, 4.69) is 17.2 Å². The molecule has 11 heteroatoms. The van der Waals surface area contributed by atoms with Crippen LogP contribution in [0.15, 0.2) is 24.8 Å². The van der Waals surface area contributed by atoms with Crippen molar-refractivity contribution in [2.45, 2.75) is 25.3 Å². The number of hydrogen-bond acceptors (Lipinski definition) is 7. The second-order valence-corrected chi connectivity index (χ2v) is 7.22. The van der Waals surface area contributed by atoms with Crippen molar-refractivity contribution in [2.75, 3.05) is 45.3 Å². The number of aliphatic hydroxyl groups excluding tert-OH is 1. The zero-order chi connectivity index (χ0) is 23.5. The van der Waals surface area contributed by atoms with Crippen LogP contribution in [0.5, 0.6) is 11.5 Å². The first kappa shape index (κ1) is 25.1. The van der Waals surface area contributed by atoms with Gasteiger partial charge in [-0.2, -0.15) is 0 Å². The molecule has 0 saturated carbocycles. The summed E-state index contributed by atoms with van der Waals surface area (Å²) < 4.78 is 16.2. The van der Waals surface area contributed by atoms with Crippen LogP contribution in [0.2, 0.25) is 0 Å². The van der Waals surface area contributed by atoms with Crippen LogP contribution in [0.4, 0.5) is 15.3 Å². The van der Waals surface area contributed by atoms with Crippen LogP contribution in [-0.2, 0) is 4.74 Å². The van der Waals surface area contributed by atoms with Gasteiger partial charge in [0.1, 0.15) is 6.61 Å². The van der Waals surface area contributed by atoms with Crippen LogP contribution >= 0.6 is 0 Å². The molecule has 1 aliphatic rings. The highest BCUT2D eigenvalue weighted by atomic mass is 16.5. The van der Waals surface area contributed by atoms with Gasteiger partial charge < -0.3 is 29.5 Å². The van der Waals surface area contributed by atoms with Gasteiger partial charge in [0.05, 0.1) is 37.6 Å². The first-order valence-electron chi connectivity index (χ1n) is 10.5. The van der Waals surface area contributed by atoms with Gasteiger partial charge in [0, 0.05) is 19.2 Å². The normalized spacial score (nSPS) is 15.1. The molecule has 0 spiro atoms. The van der Waals surface area contributed by atoms with E-state index in [9.17, 15) is 19.5 Å². The number of likely N-dealkylation sites (tertiary alicyclic amines) is 1. The fourth-order valence-electron chi connectivity index (χ4n) is 3.36. The third-order valence-electron chi connectivity index (χ3n) is 4.90. The van der Waals surface area contributed by atoms with Gasteiger partial charge in [-0.05, 0) is 25.3 Å². The maximum absolute atomic E-state index is 13.2. The largest absolute Gasteiger partial charge is 0.493 e. The van der Waals surface area contributed by atoms with Crippen molar-refractivity contribution in [1.29, 1.82) is 0 Å². The van der Waals surface area contributed by atoms with Crippen molar-refractivity contribution in [3.63, 3.8) is 0 Å². The van der Waals surface area contributed by atoms with Crippen molar-refractivity contribution in [2.24, 2.45) is 0 Å². The lowest BCUT2D eigenvalue weighted by atomic mass is 10.1. The Kier molecular flexibility index (Phi) is 9.87. The summed E-state index contributed by atoms with van der Waals surface area (Å²) in [6, 6.07) is 2.73. The van der Waals surface area contributed by atoms with Gasteiger partial charge in [0.15, 0.2) is 17.3 Å². The summed E-state index contributed by atoms with van der Waals surface area (Å²) in [5.74, 6) is 0.179. The topological polar surface area (TPSA) is 126 Å². The van der Waals surface area contributed by atoms with Crippen molar-refractivity contribution < 1.29 is 33.7 Å². The molecule has 3 amide bonds. The fraction of sp³-hybridized carbons (Fsp3) is 0.476. The first-order valence-corrected chi connectivity index (χ1v) is 10.5. The van der Waals surface area contributed by atoms with Crippen molar-refractivity contribution in [1.82, 2.24) is 10.2 Å². The Morgan fingerprint density at radius 1 is 1.34 bits per heavy atom. The zero-order valence-corrected chi connectivity index (χ0v) is 18.5. The van der Waals surface area contributed by atoms with Crippen molar-refractivity contribution >= 4 is 31.3 Å². The second-order valence-electron chi connectivity index (χ2n) is 7.22. The van der Waals surface area contributed by atoms with Crippen molar-refractivity contribution in [3.8, 4) is 11.5 Å². The molecule has 0 aliphatic carbocycles. The molecule has 1 heterocycles. The van der Waals surface area contributed by atoms with E-state index in [0.29, 0.717) is 37.4 Å². The molecule has 3 N–H and O–H groups in total. The maximum Gasteiger partial charge on any atom is 0.411 e. The number of nitrogens with zero attached hydrogens (tertiary/aromatic N) is 1. The molecule has 1 aromatic carbocycles. The Morgan fingerprint density at radius 3 is 2.78 bits per heavy atom. The summed E-state index contributed by atoms with van der Waals surface area (Å²) in [5, 5.41) is 14.9. The van der Waals surface area contributed by atoms with E-state index in [1.54, 1.807) is 4.90 Å². The molecular weight excluding hydrogens is 417 g/mol. The highest BCUT2D eigenvalue weighted by Gasteiger charge is 2.31. The van der Waals surface area contributed by atoms with Crippen LogP contribution in [0.3, 0.4) is 0 Å². The number of carbonyl (C=O) groups excluding carboxylic acids is 3. The number of aliphatic hydroxyl groups is 1. The number of amides is 3. The highest BCUT2D eigenvalue weighted by Crippen LogP contribution is 2.35. The zero-order valence-electron chi connectivity index (χ0n) is 18.5. The standard InChI is InChI=1S/C21H30BN3O7/c1-3-9-32-21(29)24-16-12-18(31-10-5-7-23-20(22)28)17(30-2)11-15(16)19(27)25-8-4-6-14(25)13-26/h3,11-12,14,26H,1,4-10,13,22H2,2H3,(H,23,28)(H,24,29)/t14-/m0/s1. The smallest absolute Gasteiger partial charge is 0.411 e. The predicted octanol–water partition coefficient (Wildman–Crippen LogP) is 1.14. The Balaban J connectivity index is 2.29. The van der Waals surface area contributed by atoms with Gasteiger partial charge in [0.25, 0.3) is 5.91 Å². The lowest BCUT2D eigenvalue weighted by molar-refractivity contribution is 0.0678. The monoisotopic (exact) mass is 447 g/mol. The quantitative estimate of drug-likeness (QED) is 0.264. The number of rotatable bonds is 11. The Labute approximate surface area is 188 Å². The first-order chi connectivity index (χ1) is 15.4. The average Bonchev–Trinajstić information content (AvgIpc) is 3.25. The molecule has 1 fully saturated rings. The molecule has 0 aromatic heterocycles. The molecule has 0 radical (unpaired) electrons. The van der Waals surface area contributed by atoms with Crippen LogP contribution in [0, 0.1) is 0 Å². The van der Waals surface area contributed by atoms with Gasteiger partial charge in [0.2, 0.25) is 7.85 Å². The predicted molar refractivity (Wildman–Crippen MR) is 121 cm³/mol. The van der Waals surface area contributed by atoms with Gasteiger partial charge in [-0.15, -0.1) is 0 Å². The van der Waals surface area contributed by atoms with E-state index in [1.165, 1.54) is 33.2 Å². The minimum Gasteiger partial charge on any atom is -0.493 e. The molecule has 0 bridgehead atoms. The summed E-state index contributed by atoms with van der Waals surface area (Å²) in [6.45, 7) is 4.61. The van der Waals surface area contributed by atoms with Gasteiger partial charge in [-0.1, -0.05) is 12.7 Å². The Morgan fingerprint density at radius 2 is 2.12 bits per heavy atom. The number of anilines is 1. The Hall–Kier alpha value is -3.21. The average molecular weight is 447 g/mol. The molecule has 1 aromatic rings. The molecule has 2 rings (SSSR count). The number of ether oxygens (including phenoxy) is 3. The summed E-state index contributed by atoms with van der Waals surface area (Å²) in [6.07, 6.45) is 2.73. The summed E-state index contributed by atoms with van der Waals surface area (Å²) >= 11 is 0. The summed E-state index contributed by atoms with van der Waals surface area (Å²) in [5.41, 5.74) is 0.397. The minimum atomic E-state index is -0.749. The maximum atomic E-state index is 13.2. The van der Waals surface area contributed by atoms with Crippen LogP contribution in [-0.4, -0.2) is 81.7 Å². The number of methoxy groups -OCH3 is 1. The number of carbonyl (C=O) groups is 3. The Bertz CT molecular complexity index is 834. The van der Waals surface area contributed by atoms with Crippen LogP contribution < -0.4 is 20.1 Å². The minimum absolute atomic E-state index is 0.0104. The van der Waals surface area contributed by atoms with Gasteiger partial charge >= 0.3 is 6.09 Å². The summed E-state index contributed by atoms with van der Waals surface area (Å²) in [4.78, 5) is 38.0. The number of benzene rings is 1. The molecule has 174 valence electrons. The molecular formula is C21H30BN3O7. The molecule has 32 heavy (non-hydrogen) atoms. The highest BCUT2D eigenvalue weighted by molar-refractivity contribution is 6.57. The summed E-state index contributed by atoms with van der Waals surface area (Å²) in [7, 11) is 2.89. The van der Waals surface area contributed by atoms with E-state index in [1.807, 2.05) is 0 Å². The van der Waals surface area contributed by atoms with E-state index in [0.717, 1.165) is 6.42 Å². The number of nitrogens with one attached hydrogen (secondary N) is 2. The van der Waals surface area contributed by atoms with E-state index in [4.69, 9.17) is 14.2 Å². The fourth-order valence-corrected chi connectivity index (χ4v) is 3.36. The number of hydrogen-bond donors (Lipinski definition) is 3. The molecule has 1 atom stereocenters. The molecule has 1 saturated heterocycles. The molecule has 1 aliphatic heterocycles. The lowest BCUT2D eigenvalue weighted by Crippen LogP contribution is -2.38.